The molecule has 0 amide bonds. The van der Waals surface area contributed by atoms with Gasteiger partial charge in [0, 0.05) is 15.5 Å². The highest BCUT2D eigenvalue weighted by Crippen LogP contribution is 2.38. The molecule has 0 aliphatic carbocycles. The molecule has 0 aromatic heterocycles. The number of thioether (sulfide) groups is 1. The molecule has 4 nitrogen and oxygen atoms in total. The number of rotatable bonds is 2. The Bertz CT molecular complexity index is 851. The number of ketones is 1. The number of carbonyl (C=O) groups excluding carboxylic acids is 1. The van der Waals surface area contributed by atoms with E-state index >= 15 is 0 Å². The van der Waals surface area contributed by atoms with Crippen LogP contribution in [0.4, 0.5) is 0 Å². The molecule has 0 fully saturated rings. The van der Waals surface area contributed by atoms with E-state index in [1.165, 1.54) is 6.07 Å². The van der Waals surface area contributed by atoms with Crippen LogP contribution in [0, 0.1) is 6.92 Å². The van der Waals surface area contributed by atoms with Crippen molar-refractivity contribution in [1.29, 1.82) is 0 Å². The first-order valence-electron chi connectivity index (χ1n) is 6.47. The average Bonchev–Trinajstić information content (AvgIpc) is 2.49. The fraction of sp³-hybridized carbons (Fsp3) is 0.133. The second kappa shape index (κ2) is 5.70. The van der Waals surface area contributed by atoms with Gasteiger partial charge in [-0.25, -0.2) is 8.42 Å². The Kier molecular flexibility index (Phi) is 4.03. The zero-order valence-corrected chi connectivity index (χ0v) is 13.9. The average molecular weight is 354 g/mol. The van der Waals surface area contributed by atoms with Crippen LogP contribution in [0.5, 0.6) is 0 Å². The lowest BCUT2D eigenvalue weighted by molar-refractivity contribution is 0.0985. The summed E-state index contributed by atoms with van der Waals surface area (Å²) in [4.78, 5) is 13.1. The van der Waals surface area contributed by atoms with Crippen LogP contribution in [0.15, 0.2) is 52.3 Å². The summed E-state index contributed by atoms with van der Waals surface area (Å²) in [6.07, 6.45) is 0. The van der Waals surface area contributed by atoms with E-state index in [-0.39, 0.29) is 10.7 Å². The molecule has 1 atom stereocenters. The maximum Gasteiger partial charge on any atom is 0.243 e. The van der Waals surface area contributed by atoms with Crippen LogP contribution in [-0.2, 0) is 10.0 Å². The topological polar surface area (TPSA) is 63.2 Å². The Balaban J connectivity index is 2.02. The van der Waals surface area contributed by atoms with E-state index in [1.54, 1.807) is 43.3 Å². The molecular formula is C15H12ClNO3S2. The van der Waals surface area contributed by atoms with Gasteiger partial charge in [0.2, 0.25) is 10.0 Å². The normalized spacial score (nSPS) is 19.5. The van der Waals surface area contributed by atoms with Crippen LogP contribution in [0.2, 0.25) is 5.02 Å². The second-order valence-corrected chi connectivity index (χ2v) is 8.13. The summed E-state index contributed by atoms with van der Waals surface area (Å²) in [7, 11) is -3.73. The molecule has 3 rings (SSSR count). The Morgan fingerprint density at radius 2 is 1.91 bits per heavy atom. The number of halogens is 1. The van der Waals surface area contributed by atoms with Crippen LogP contribution < -0.4 is 4.72 Å². The van der Waals surface area contributed by atoms with Gasteiger partial charge in [0.15, 0.2) is 5.78 Å². The van der Waals surface area contributed by atoms with Gasteiger partial charge >= 0.3 is 0 Å². The van der Waals surface area contributed by atoms with Crippen molar-refractivity contribution >= 4 is 39.2 Å². The van der Waals surface area contributed by atoms with Crippen molar-refractivity contribution < 1.29 is 13.2 Å². The predicted octanol–water partition coefficient (Wildman–Crippen LogP) is 3.24. The standard InChI is InChI=1S/C15H12ClNO3S2/c1-9-7-13-12(8-11(9)16)21-15(17-22(13,19)20)14(18)10-5-3-2-4-6-10/h2-8,15,17H,1H3. The maximum absolute atomic E-state index is 12.5. The van der Waals surface area contributed by atoms with Gasteiger partial charge in [0.25, 0.3) is 0 Å². The lowest BCUT2D eigenvalue weighted by Gasteiger charge is -2.25. The van der Waals surface area contributed by atoms with Crippen LogP contribution in [0.1, 0.15) is 15.9 Å². The number of fused-ring (bicyclic) bond motifs is 1. The number of sulfonamides is 1. The molecular weight excluding hydrogens is 342 g/mol. The molecule has 1 aliphatic heterocycles. The van der Waals surface area contributed by atoms with Crippen molar-refractivity contribution in [3.05, 3.63) is 58.6 Å². The third-order valence-electron chi connectivity index (χ3n) is 3.32. The van der Waals surface area contributed by atoms with Gasteiger partial charge in [-0.1, -0.05) is 53.7 Å². The summed E-state index contributed by atoms with van der Waals surface area (Å²) in [5, 5.41) is -0.409. The van der Waals surface area contributed by atoms with Gasteiger partial charge in [-0.15, -0.1) is 0 Å². The van der Waals surface area contributed by atoms with Gasteiger partial charge in [0.05, 0.1) is 4.90 Å². The van der Waals surface area contributed by atoms with Gasteiger partial charge in [-0.2, -0.15) is 4.72 Å². The Morgan fingerprint density at radius 1 is 1.23 bits per heavy atom. The molecule has 22 heavy (non-hydrogen) atoms. The summed E-state index contributed by atoms with van der Waals surface area (Å²) in [6, 6.07) is 11.7. The molecule has 1 unspecified atom stereocenters. The van der Waals surface area contributed by atoms with Crippen LogP contribution in [-0.4, -0.2) is 19.6 Å². The largest absolute Gasteiger partial charge is 0.291 e. The lowest BCUT2D eigenvalue weighted by atomic mass is 10.1. The number of aryl methyl sites for hydroxylation is 1. The third-order valence-corrected chi connectivity index (χ3v) is 6.63. The highest BCUT2D eigenvalue weighted by molar-refractivity contribution is 8.03. The van der Waals surface area contributed by atoms with Crippen molar-refractivity contribution in [3.63, 3.8) is 0 Å². The lowest BCUT2D eigenvalue weighted by Crippen LogP contribution is -2.41. The molecule has 1 N–H and O–H groups in total. The molecule has 1 aliphatic rings. The Morgan fingerprint density at radius 3 is 2.59 bits per heavy atom. The number of benzene rings is 2. The zero-order valence-electron chi connectivity index (χ0n) is 11.5. The summed E-state index contributed by atoms with van der Waals surface area (Å²) >= 11 is 7.23. The summed E-state index contributed by atoms with van der Waals surface area (Å²) < 4.78 is 27.2. The highest BCUT2D eigenvalue weighted by Gasteiger charge is 2.35. The minimum absolute atomic E-state index is 0.163. The third kappa shape index (κ3) is 2.79. The summed E-state index contributed by atoms with van der Waals surface area (Å²) in [5.74, 6) is -0.281. The van der Waals surface area contributed by atoms with E-state index in [2.05, 4.69) is 4.72 Å². The molecule has 0 bridgehead atoms. The minimum atomic E-state index is -3.73. The predicted molar refractivity (Wildman–Crippen MR) is 86.9 cm³/mol. The van der Waals surface area contributed by atoms with E-state index in [1.807, 2.05) is 0 Å². The number of hydrogen-bond acceptors (Lipinski definition) is 4. The number of carbonyl (C=O) groups is 1. The summed E-state index contributed by atoms with van der Waals surface area (Å²) in [5.41, 5.74) is 1.14. The van der Waals surface area contributed by atoms with Gasteiger partial charge in [-0.05, 0) is 24.6 Å². The first-order valence-corrected chi connectivity index (χ1v) is 9.21. The van der Waals surface area contributed by atoms with Crippen LogP contribution >= 0.6 is 23.4 Å². The first kappa shape index (κ1) is 15.6. The van der Waals surface area contributed by atoms with Crippen molar-refractivity contribution in [2.24, 2.45) is 0 Å². The number of Topliss-reactive ketones (excluding diaryl/α,β-unsaturated/α-hetero) is 1. The van der Waals surface area contributed by atoms with Crippen LogP contribution in [0.25, 0.3) is 0 Å². The monoisotopic (exact) mass is 353 g/mol. The van der Waals surface area contributed by atoms with Crippen molar-refractivity contribution in [3.8, 4) is 0 Å². The van der Waals surface area contributed by atoms with E-state index in [0.29, 0.717) is 21.0 Å². The summed E-state index contributed by atoms with van der Waals surface area (Å²) in [6.45, 7) is 1.74. The second-order valence-electron chi connectivity index (χ2n) is 4.90. The highest BCUT2D eigenvalue weighted by atomic mass is 35.5. The molecule has 2 aromatic carbocycles. The molecule has 0 radical (unpaired) electrons. The fourth-order valence-corrected chi connectivity index (χ4v) is 5.46. The van der Waals surface area contributed by atoms with E-state index in [9.17, 15) is 13.2 Å². The molecule has 1 heterocycles. The quantitative estimate of drug-likeness (QED) is 0.842. The number of nitrogens with one attached hydrogen (secondary N) is 1. The molecule has 0 saturated carbocycles. The Labute approximate surface area is 137 Å². The fourth-order valence-electron chi connectivity index (χ4n) is 2.16. The van der Waals surface area contributed by atoms with E-state index in [4.69, 9.17) is 11.6 Å². The first-order chi connectivity index (χ1) is 10.4. The smallest absolute Gasteiger partial charge is 0.243 e. The Hall–Kier alpha value is -1.34. The van der Waals surface area contributed by atoms with Crippen molar-refractivity contribution in [1.82, 2.24) is 4.72 Å². The van der Waals surface area contributed by atoms with E-state index < -0.39 is 15.4 Å². The van der Waals surface area contributed by atoms with Gasteiger partial charge in [-0.3, -0.25) is 4.79 Å². The maximum atomic E-state index is 12.5. The number of hydrogen-bond donors (Lipinski definition) is 1. The van der Waals surface area contributed by atoms with Crippen LogP contribution in [0.3, 0.4) is 0 Å². The van der Waals surface area contributed by atoms with Gasteiger partial charge < -0.3 is 0 Å². The SMILES string of the molecule is Cc1cc2c(cc1Cl)SC(C(=O)c1ccccc1)NS2(=O)=O. The van der Waals surface area contributed by atoms with Crippen molar-refractivity contribution in [2.45, 2.75) is 22.1 Å². The van der Waals surface area contributed by atoms with Gasteiger partial charge in [0.1, 0.15) is 5.37 Å². The van der Waals surface area contributed by atoms with Crippen molar-refractivity contribution in [2.75, 3.05) is 0 Å². The van der Waals surface area contributed by atoms with E-state index in [0.717, 1.165) is 11.8 Å². The molecule has 0 saturated heterocycles. The molecule has 2 aromatic rings. The molecule has 7 heteroatoms. The molecule has 0 spiro atoms. The minimum Gasteiger partial charge on any atom is -0.291 e. The zero-order chi connectivity index (χ0) is 15.9. The molecule has 114 valence electrons.